The maximum atomic E-state index is 12.7. The molecule has 0 aromatic heterocycles. The van der Waals surface area contributed by atoms with E-state index in [-0.39, 0.29) is 11.7 Å². The molecule has 0 aliphatic carbocycles. The lowest BCUT2D eigenvalue weighted by Crippen LogP contribution is -2.19. The minimum atomic E-state index is -3.59. The van der Waals surface area contributed by atoms with Gasteiger partial charge in [0.05, 0.1) is 11.4 Å². The fourth-order valence-corrected chi connectivity index (χ4v) is 6.50. The summed E-state index contributed by atoms with van der Waals surface area (Å²) in [7, 11) is -3.59. The molecule has 0 aliphatic heterocycles. The van der Waals surface area contributed by atoms with Gasteiger partial charge in [-0.1, -0.05) is 66.7 Å². The lowest BCUT2D eigenvalue weighted by atomic mass is 10.0. The van der Waals surface area contributed by atoms with Gasteiger partial charge in [-0.25, -0.2) is 0 Å². The van der Waals surface area contributed by atoms with Crippen molar-refractivity contribution >= 4 is 35.9 Å². The zero-order chi connectivity index (χ0) is 20.0. The second-order valence-electron chi connectivity index (χ2n) is 6.84. The average Bonchev–Trinajstić information content (AvgIpc) is 2.70. The van der Waals surface area contributed by atoms with Crippen molar-refractivity contribution in [3.8, 4) is 0 Å². The predicted molar refractivity (Wildman–Crippen MR) is 115 cm³/mol. The average molecular weight is 414 g/mol. The Kier molecular flexibility index (Phi) is 6.95. The molecule has 0 heterocycles. The monoisotopic (exact) mass is 414 g/mol. The number of rotatable bonds is 9. The van der Waals surface area contributed by atoms with Gasteiger partial charge in [0, 0.05) is 11.1 Å². The molecule has 0 bridgehead atoms. The van der Waals surface area contributed by atoms with E-state index in [2.05, 4.69) is 0 Å². The lowest BCUT2D eigenvalue weighted by Gasteiger charge is -2.17. The number of aryl methyl sites for hydroxylation is 1. The molecule has 0 fully saturated rings. The highest BCUT2D eigenvalue weighted by Gasteiger charge is 2.29. The zero-order valence-electron chi connectivity index (χ0n) is 15.4. The number of carboxylic acids is 1. The Morgan fingerprint density at radius 1 is 0.964 bits per heavy atom. The van der Waals surface area contributed by atoms with Gasteiger partial charge in [-0.3, -0.25) is 9.36 Å². The number of carbonyl (C=O) groups is 1. The molecule has 0 aliphatic rings. The largest absolute Gasteiger partial charge is 0.481 e. The molecule has 146 valence electrons. The molecular weight excluding hydrogens is 391 g/mol. The Morgan fingerprint density at radius 2 is 1.64 bits per heavy atom. The molecule has 28 heavy (non-hydrogen) atoms. The van der Waals surface area contributed by atoms with Crippen molar-refractivity contribution in [3.05, 3.63) is 78.4 Å². The van der Waals surface area contributed by atoms with Gasteiger partial charge >= 0.3 is 5.97 Å². The van der Waals surface area contributed by atoms with Gasteiger partial charge < -0.3 is 10.00 Å². The number of fused-ring (bicyclic) bond motifs is 1. The van der Waals surface area contributed by atoms with Crippen molar-refractivity contribution in [3.63, 3.8) is 0 Å². The third kappa shape index (κ3) is 5.71. The van der Waals surface area contributed by atoms with Crippen LogP contribution in [0.3, 0.4) is 0 Å². The molecule has 2 N–H and O–H groups in total. The van der Waals surface area contributed by atoms with Gasteiger partial charge in [0.15, 0.2) is 0 Å². The first kappa shape index (κ1) is 20.7. The molecule has 0 saturated heterocycles. The van der Waals surface area contributed by atoms with Gasteiger partial charge in [-0.2, -0.15) is 0 Å². The Morgan fingerprint density at radius 3 is 2.39 bits per heavy atom. The second kappa shape index (κ2) is 9.42. The van der Waals surface area contributed by atoms with E-state index in [1.807, 2.05) is 72.8 Å². The standard InChI is InChI=1S/C22H23O4PS/c23-22(24)19(14-13-17-7-2-1-3-8-17)15-27(25,26)16-28-21-12-6-10-18-9-4-5-11-20(18)21/h1-12,19H,13-16H2,(H,23,24)(H,25,26). The van der Waals surface area contributed by atoms with Crippen LogP contribution in [0, 0.1) is 5.92 Å². The molecule has 3 aromatic rings. The quantitative estimate of drug-likeness (QED) is 0.358. The summed E-state index contributed by atoms with van der Waals surface area (Å²) in [5.41, 5.74) is 1.04. The molecule has 0 saturated carbocycles. The Balaban J connectivity index is 1.63. The van der Waals surface area contributed by atoms with Gasteiger partial charge in [0.1, 0.15) is 0 Å². The summed E-state index contributed by atoms with van der Waals surface area (Å²) in [6.07, 6.45) is 0.726. The van der Waals surface area contributed by atoms with Crippen LogP contribution in [0.5, 0.6) is 0 Å². The van der Waals surface area contributed by atoms with E-state index in [1.54, 1.807) is 0 Å². The molecule has 3 aromatic carbocycles. The van der Waals surface area contributed by atoms with Crippen molar-refractivity contribution < 1.29 is 19.4 Å². The Bertz CT molecular complexity index is 985. The maximum absolute atomic E-state index is 12.7. The molecule has 3 rings (SSSR count). The SMILES string of the molecule is O=C(O)C(CCc1ccccc1)CP(=O)(O)CSc1cccc2ccccc12. The molecule has 2 unspecified atom stereocenters. The van der Waals surface area contributed by atoms with E-state index < -0.39 is 19.3 Å². The van der Waals surface area contributed by atoms with Gasteiger partial charge in [0.2, 0.25) is 7.37 Å². The molecule has 4 nitrogen and oxygen atoms in total. The van der Waals surface area contributed by atoms with Gasteiger partial charge in [-0.15, -0.1) is 11.8 Å². The number of aliphatic carboxylic acids is 1. The Hall–Kier alpha value is -2.07. The second-order valence-corrected chi connectivity index (χ2v) is 10.7. The summed E-state index contributed by atoms with van der Waals surface area (Å²) >= 11 is 1.32. The fourth-order valence-electron chi connectivity index (χ4n) is 3.17. The van der Waals surface area contributed by atoms with E-state index in [1.165, 1.54) is 11.8 Å². The van der Waals surface area contributed by atoms with Crippen LogP contribution in [0.2, 0.25) is 0 Å². The summed E-state index contributed by atoms with van der Waals surface area (Å²) < 4.78 is 12.7. The number of thioether (sulfide) groups is 1. The van der Waals surface area contributed by atoms with Crippen LogP contribution in [0.4, 0.5) is 0 Å². The van der Waals surface area contributed by atoms with Crippen molar-refractivity contribution in [1.29, 1.82) is 0 Å². The van der Waals surface area contributed by atoms with Gasteiger partial charge in [0.25, 0.3) is 0 Å². The highest BCUT2D eigenvalue weighted by Crippen LogP contribution is 2.48. The number of hydrogen-bond donors (Lipinski definition) is 2. The summed E-state index contributed by atoms with van der Waals surface area (Å²) in [6, 6.07) is 23.3. The van der Waals surface area contributed by atoms with Crippen molar-refractivity contribution in [2.24, 2.45) is 5.92 Å². The first-order valence-corrected chi connectivity index (χ1v) is 12.1. The maximum Gasteiger partial charge on any atom is 0.307 e. The minimum Gasteiger partial charge on any atom is -0.481 e. The molecule has 6 heteroatoms. The van der Waals surface area contributed by atoms with E-state index in [4.69, 9.17) is 0 Å². The number of carboxylic acid groups (broad SMARTS) is 1. The highest BCUT2D eigenvalue weighted by atomic mass is 32.2. The fraction of sp³-hybridized carbons (Fsp3) is 0.227. The molecule has 0 amide bonds. The van der Waals surface area contributed by atoms with Crippen LogP contribution in [0.1, 0.15) is 12.0 Å². The van der Waals surface area contributed by atoms with Crippen molar-refractivity contribution in [2.45, 2.75) is 17.7 Å². The molecule has 0 spiro atoms. The van der Waals surface area contributed by atoms with E-state index in [0.29, 0.717) is 12.8 Å². The van der Waals surface area contributed by atoms with Crippen LogP contribution in [0.25, 0.3) is 10.8 Å². The lowest BCUT2D eigenvalue weighted by molar-refractivity contribution is -0.141. The number of benzene rings is 3. The van der Waals surface area contributed by atoms with E-state index in [0.717, 1.165) is 21.2 Å². The van der Waals surface area contributed by atoms with Crippen LogP contribution in [0.15, 0.2) is 77.7 Å². The zero-order valence-corrected chi connectivity index (χ0v) is 17.1. The predicted octanol–water partition coefficient (Wildman–Crippen LogP) is 5.49. The van der Waals surface area contributed by atoms with Gasteiger partial charge in [-0.05, 0) is 35.2 Å². The van der Waals surface area contributed by atoms with Crippen molar-refractivity contribution in [2.75, 3.05) is 11.7 Å². The third-order valence-electron chi connectivity index (χ3n) is 4.65. The number of hydrogen-bond acceptors (Lipinski definition) is 3. The normalized spacial score (nSPS) is 14.5. The topological polar surface area (TPSA) is 74.6 Å². The summed E-state index contributed by atoms with van der Waals surface area (Å²) in [5, 5.41) is 11.6. The van der Waals surface area contributed by atoms with Crippen LogP contribution in [-0.2, 0) is 15.8 Å². The molecule has 2 atom stereocenters. The van der Waals surface area contributed by atoms with Crippen LogP contribution in [-0.4, -0.2) is 27.6 Å². The highest BCUT2D eigenvalue weighted by molar-refractivity contribution is 8.05. The minimum absolute atomic E-state index is 0.0100. The van der Waals surface area contributed by atoms with Crippen molar-refractivity contribution in [1.82, 2.24) is 0 Å². The van der Waals surface area contributed by atoms with E-state index >= 15 is 0 Å². The summed E-state index contributed by atoms with van der Waals surface area (Å²) in [6.45, 7) is 0. The molecular formula is C22H23O4PS. The van der Waals surface area contributed by atoms with Crippen LogP contribution < -0.4 is 0 Å². The Labute approximate surface area is 169 Å². The smallest absolute Gasteiger partial charge is 0.307 e. The summed E-state index contributed by atoms with van der Waals surface area (Å²) in [5.74, 6) is -1.84. The van der Waals surface area contributed by atoms with E-state index in [9.17, 15) is 19.4 Å². The first-order valence-electron chi connectivity index (χ1n) is 9.13. The summed E-state index contributed by atoms with van der Waals surface area (Å²) in [4.78, 5) is 23.0. The first-order chi connectivity index (χ1) is 13.4. The third-order valence-corrected chi connectivity index (χ3v) is 8.46. The molecule has 0 radical (unpaired) electrons. The van der Waals surface area contributed by atoms with Crippen LogP contribution >= 0.6 is 19.1 Å².